The fourth-order valence-electron chi connectivity index (χ4n) is 1.28. The first-order valence-electron chi connectivity index (χ1n) is 4.68. The number of rotatable bonds is 3. The summed E-state index contributed by atoms with van der Waals surface area (Å²) >= 11 is 0. The van der Waals surface area contributed by atoms with Crippen LogP contribution in [0.2, 0.25) is 0 Å². The van der Waals surface area contributed by atoms with Gasteiger partial charge in [-0.2, -0.15) is 0 Å². The van der Waals surface area contributed by atoms with Crippen LogP contribution in [-0.4, -0.2) is 37.7 Å². The molecule has 0 atom stereocenters. The largest absolute Gasteiger partial charge is 0.405 e. The molecule has 2 N–H and O–H groups in total. The third-order valence-electron chi connectivity index (χ3n) is 2.13. The molecule has 0 radical (unpaired) electrons. The van der Waals surface area contributed by atoms with E-state index in [9.17, 15) is 0 Å². The maximum Gasteiger partial charge on any atom is 0.0594 e. The smallest absolute Gasteiger partial charge is 0.0594 e. The van der Waals surface area contributed by atoms with E-state index in [4.69, 9.17) is 10.5 Å². The monoisotopic (exact) mass is 182 g/mol. The van der Waals surface area contributed by atoms with Gasteiger partial charge in [0.2, 0.25) is 0 Å². The fourth-order valence-corrected chi connectivity index (χ4v) is 1.28. The third kappa shape index (κ3) is 4.10. The molecule has 0 spiro atoms. The van der Waals surface area contributed by atoms with E-state index in [-0.39, 0.29) is 0 Å². The lowest BCUT2D eigenvalue weighted by Crippen LogP contribution is -2.36. The Bertz CT molecular complexity index is 193. The predicted molar refractivity (Wildman–Crippen MR) is 54.3 cm³/mol. The lowest BCUT2D eigenvalue weighted by atomic mass is 10.2. The number of hydrogen-bond acceptors (Lipinski definition) is 3. The molecule has 13 heavy (non-hydrogen) atoms. The Morgan fingerprint density at radius 1 is 1.46 bits per heavy atom. The van der Waals surface area contributed by atoms with E-state index in [0.29, 0.717) is 0 Å². The summed E-state index contributed by atoms with van der Waals surface area (Å²) in [5.41, 5.74) is 6.50. The number of ether oxygens (including phenoxy) is 1. The molecule has 3 heteroatoms. The van der Waals surface area contributed by atoms with Gasteiger partial charge >= 0.3 is 0 Å². The van der Waals surface area contributed by atoms with Crippen molar-refractivity contribution in [3.8, 4) is 0 Å². The van der Waals surface area contributed by atoms with E-state index in [2.05, 4.69) is 17.9 Å². The molecule has 3 nitrogen and oxygen atoms in total. The highest BCUT2D eigenvalue weighted by atomic mass is 16.5. The molecule has 1 heterocycles. The maximum atomic E-state index is 5.28. The second-order valence-corrected chi connectivity index (χ2v) is 3.22. The van der Waals surface area contributed by atoms with Gasteiger partial charge in [0.1, 0.15) is 0 Å². The highest BCUT2D eigenvalue weighted by Gasteiger charge is 2.07. The number of nitrogens with two attached hydrogens (primary N) is 1. The lowest BCUT2D eigenvalue weighted by Gasteiger charge is -2.25. The van der Waals surface area contributed by atoms with Crippen molar-refractivity contribution in [3.63, 3.8) is 0 Å². The van der Waals surface area contributed by atoms with Crippen LogP contribution in [-0.2, 0) is 4.74 Å². The minimum Gasteiger partial charge on any atom is -0.405 e. The molecule has 0 aromatic heterocycles. The first-order valence-corrected chi connectivity index (χ1v) is 4.68. The molecule has 0 aromatic carbocycles. The molecule has 0 bridgehead atoms. The van der Waals surface area contributed by atoms with Gasteiger partial charge in [0, 0.05) is 19.6 Å². The lowest BCUT2D eigenvalue weighted by molar-refractivity contribution is 0.0434. The number of morpholine rings is 1. The van der Waals surface area contributed by atoms with Gasteiger partial charge in [-0.1, -0.05) is 11.6 Å². The highest BCUT2D eigenvalue weighted by molar-refractivity contribution is 5.15. The van der Waals surface area contributed by atoms with Crippen LogP contribution in [0.3, 0.4) is 0 Å². The van der Waals surface area contributed by atoms with Crippen LogP contribution in [0, 0.1) is 0 Å². The molecule has 0 amide bonds. The molecular weight excluding hydrogens is 164 g/mol. The van der Waals surface area contributed by atoms with Gasteiger partial charge in [-0.3, -0.25) is 4.90 Å². The summed E-state index contributed by atoms with van der Waals surface area (Å²) in [4.78, 5) is 2.37. The van der Waals surface area contributed by atoms with Crippen molar-refractivity contribution in [1.82, 2.24) is 4.90 Å². The molecule has 1 rings (SSSR count). The van der Waals surface area contributed by atoms with Gasteiger partial charge in [-0.25, -0.2) is 0 Å². The summed E-state index contributed by atoms with van der Waals surface area (Å²) < 4.78 is 5.26. The Morgan fingerprint density at radius 2 is 2.15 bits per heavy atom. The zero-order valence-corrected chi connectivity index (χ0v) is 8.20. The molecule has 0 aliphatic carbocycles. The van der Waals surface area contributed by atoms with Crippen molar-refractivity contribution >= 4 is 0 Å². The number of allylic oxidation sites excluding steroid dienone is 2. The van der Waals surface area contributed by atoms with Crippen LogP contribution in [0.15, 0.2) is 23.9 Å². The average Bonchev–Trinajstić information content (AvgIpc) is 2.17. The molecular formula is C10H18N2O. The van der Waals surface area contributed by atoms with E-state index in [1.54, 1.807) is 6.20 Å². The van der Waals surface area contributed by atoms with Crippen molar-refractivity contribution in [3.05, 3.63) is 23.9 Å². The normalized spacial score (nSPS) is 21.2. The average molecular weight is 182 g/mol. The van der Waals surface area contributed by atoms with Gasteiger partial charge in [-0.05, 0) is 19.2 Å². The SMILES string of the molecule is CC(/C=C\N)=C/CN1CCOCC1. The molecule has 74 valence electrons. The van der Waals surface area contributed by atoms with Crippen molar-refractivity contribution in [2.75, 3.05) is 32.8 Å². The third-order valence-corrected chi connectivity index (χ3v) is 2.13. The maximum absolute atomic E-state index is 5.28. The summed E-state index contributed by atoms with van der Waals surface area (Å²) in [7, 11) is 0. The molecule has 1 saturated heterocycles. The minimum absolute atomic E-state index is 0.861. The first kappa shape index (κ1) is 10.3. The van der Waals surface area contributed by atoms with Gasteiger partial charge in [-0.15, -0.1) is 0 Å². The Kier molecular flexibility index (Phi) is 4.57. The van der Waals surface area contributed by atoms with Crippen LogP contribution in [0.5, 0.6) is 0 Å². The van der Waals surface area contributed by atoms with Gasteiger partial charge in [0.25, 0.3) is 0 Å². The predicted octanol–water partition coefficient (Wildman–Crippen LogP) is 0.737. The summed E-state index contributed by atoms with van der Waals surface area (Å²) in [5, 5.41) is 0. The van der Waals surface area contributed by atoms with Crippen LogP contribution in [0.25, 0.3) is 0 Å². The minimum atomic E-state index is 0.861. The Labute approximate surface area is 79.9 Å². The van der Waals surface area contributed by atoms with Crippen LogP contribution in [0.1, 0.15) is 6.92 Å². The molecule has 1 fully saturated rings. The van der Waals surface area contributed by atoms with Crippen molar-refractivity contribution in [1.29, 1.82) is 0 Å². The van der Waals surface area contributed by atoms with Crippen LogP contribution >= 0.6 is 0 Å². The fraction of sp³-hybridized carbons (Fsp3) is 0.600. The second kappa shape index (κ2) is 5.78. The summed E-state index contributed by atoms with van der Waals surface area (Å²) in [6.45, 7) is 6.86. The summed E-state index contributed by atoms with van der Waals surface area (Å²) in [6.07, 6.45) is 5.68. The summed E-state index contributed by atoms with van der Waals surface area (Å²) in [5.74, 6) is 0. The van der Waals surface area contributed by atoms with Crippen LogP contribution < -0.4 is 5.73 Å². The number of hydrogen-bond donors (Lipinski definition) is 1. The second-order valence-electron chi connectivity index (χ2n) is 3.22. The van der Waals surface area contributed by atoms with Gasteiger partial charge < -0.3 is 10.5 Å². The van der Waals surface area contributed by atoms with Crippen molar-refractivity contribution < 1.29 is 4.74 Å². The van der Waals surface area contributed by atoms with E-state index in [0.717, 1.165) is 32.8 Å². The molecule has 1 aliphatic rings. The number of nitrogens with zero attached hydrogens (tertiary/aromatic N) is 1. The van der Waals surface area contributed by atoms with Crippen LogP contribution in [0.4, 0.5) is 0 Å². The summed E-state index contributed by atoms with van der Waals surface area (Å²) in [6, 6.07) is 0. The molecule has 0 aromatic rings. The Hall–Kier alpha value is -0.800. The standard InChI is InChI=1S/C10H18N2O/c1-10(2-4-11)3-5-12-6-8-13-9-7-12/h2-4H,5-9,11H2,1H3/b4-2-,10-3-. The van der Waals surface area contributed by atoms with E-state index >= 15 is 0 Å². The molecule has 0 unspecified atom stereocenters. The van der Waals surface area contributed by atoms with E-state index in [1.807, 2.05) is 6.08 Å². The first-order chi connectivity index (χ1) is 6.33. The molecule has 1 aliphatic heterocycles. The Balaban J connectivity index is 2.27. The zero-order valence-electron chi connectivity index (χ0n) is 8.20. The quantitative estimate of drug-likeness (QED) is 0.654. The van der Waals surface area contributed by atoms with Gasteiger partial charge in [0.15, 0.2) is 0 Å². The van der Waals surface area contributed by atoms with Crippen molar-refractivity contribution in [2.24, 2.45) is 5.73 Å². The zero-order chi connectivity index (χ0) is 9.52. The topological polar surface area (TPSA) is 38.5 Å². The molecule has 0 saturated carbocycles. The van der Waals surface area contributed by atoms with Gasteiger partial charge in [0.05, 0.1) is 13.2 Å². The van der Waals surface area contributed by atoms with E-state index in [1.165, 1.54) is 5.57 Å². The van der Waals surface area contributed by atoms with Crippen molar-refractivity contribution in [2.45, 2.75) is 6.92 Å². The highest BCUT2D eigenvalue weighted by Crippen LogP contribution is 1.99. The van der Waals surface area contributed by atoms with E-state index < -0.39 is 0 Å². The Morgan fingerprint density at radius 3 is 2.77 bits per heavy atom.